The van der Waals surface area contributed by atoms with Crippen LogP contribution in [-0.2, 0) is 5.41 Å². The number of nitrogens with zero attached hydrogens (tertiary/aromatic N) is 2. The third-order valence-corrected chi connectivity index (χ3v) is 12.9. The standard InChI is InChI=1S/C56H48N2/c1-3-41(42-34-37-55-51(38-42)50-29-17-19-31-54(50)58(55)46-26-14-7-15-27-46)33-32-40(2)57(45-24-12-6-13-25-45)47-35-36-49-48-28-16-18-30-52(48)56(53(49)39-47,43-20-8-4-9-21-43)44-22-10-5-11-23-44/h3-22,24-31,34-39,44,51,55H,2,23,32-33H2,1H3/b41-3+/t44?,51?,55?,56-/m0/s1. The van der Waals surface area contributed by atoms with Crippen molar-refractivity contribution < 1.29 is 0 Å². The SMILES string of the molecule is C=C(CC/C(=C\C)C1=CC2c3ccccc3N(c3ccccc3)C2C=C1)N(c1ccccc1)c1ccc2c(c1)[C@@](c1ccccc1)(C1C=CC=CC1)c1ccccc1-2. The van der Waals surface area contributed by atoms with Gasteiger partial charge in [0.2, 0.25) is 0 Å². The highest BCUT2D eigenvalue weighted by Gasteiger charge is 2.49. The molecule has 0 saturated carbocycles. The van der Waals surface area contributed by atoms with Crippen LogP contribution in [0.2, 0.25) is 0 Å². The smallest absolute Gasteiger partial charge is 0.0630 e. The van der Waals surface area contributed by atoms with E-state index in [2.05, 4.69) is 223 Å². The number of allylic oxidation sites excluding steroid dienone is 9. The van der Waals surface area contributed by atoms with E-state index < -0.39 is 0 Å². The Bertz CT molecular complexity index is 2640. The third kappa shape index (κ3) is 5.86. The molecular weight excluding hydrogens is 701 g/mol. The summed E-state index contributed by atoms with van der Waals surface area (Å²) < 4.78 is 0. The van der Waals surface area contributed by atoms with Gasteiger partial charge in [-0.1, -0.05) is 170 Å². The molecule has 6 aromatic carbocycles. The van der Waals surface area contributed by atoms with Crippen LogP contribution in [0.3, 0.4) is 0 Å². The van der Waals surface area contributed by atoms with Gasteiger partial charge in [-0.15, -0.1) is 0 Å². The highest BCUT2D eigenvalue weighted by atomic mass is 15.2. The van der Waals surface area contributed by atoms with E-state index in [1.807, 2.05) is 0 Å². The summed E-state index contributed by atoms with van der Waals surface area (Å²) in [6.45, 7) is 7.02. The fraction of sp³-hybridized carbons (Fsp3) is 0.143. The lowest BCUT2D eigenvalue weighted by Gasteiger charge is -2.40. The molecule has 0 radical (unpaired) electrons. The van der Waals surface area contributed by atoms with Crippen molar-refractivity contribution in [2.45, 2.75) is 43.6 Å². The molecule has 58 heavy (non-hydrogen) atoms. The molecule has 3 unspecified atom stereocenters. The van der Waals surface area contributed by atoms with Crippen LogP contribution < -0.4 is 9.80 Å². The van der Waals surface area contributed by atoms with Gasteiger partial charge in [0.1, 0.15) is 0 Å². The van der Waals surface area contributed by atoms with Gasteiger partial charge in [0.05, 0.1) is 11.5 Å². The average Bonchev–Trinajstić information content (AvgIpc) is 3.78. The molecule has 4 atom stereocenters. The Balaban J connectivity index is 0.996. The summed E-state index contributed by atoms with van der Waals surface area (Å²) in [5.74, 6) is 0.552. The molecule has 1 heterocycles. The van der Waals surface area contributed by atoms with Crippen LogP contribution >= 0.6 is 0 Å². The third-order valence-electron chi connectivity index (χ3n) is 12.9. The van der Waals surface area contributed by atoms with Gasteiger partial charge in [-0.3, -0.25) is 0 Å². The van der Waals surface area contributed by atoms with Crippen LogP contribution in [0.15, 0.2) is 230 Å². The van der Waals surface area contributed by atoms with E-state index in [0.717, 1.165) is 36.3 Å². The van der Waals surface area contributed by atoms with E-state index >= 15 is 0 Å². The molecular formula is C56H48N2. The molecule has 2 heteroatoms. The quantitative estimate of drug-likeness (QED) is 0.138. The van der Waals surface area contributed by atoms with E-state index in [9.17, 15) is 0 Å². The molecule has 1 aliphatic heterocycles. The predicted octanol–water partition coefficient (Wildman–Crippen LogP) is 14.3. The minimum atomic E-state index is -0.334. The van der Waals surface area contributed by atoms with E-state index in [4.69, 9.17) is 6.58 Å². The number of hydrogen-bond donors (Lipinski definition) is 0. The molecule has 2 nitrogen and oxygen atoms in total. The fourth-order valence-electron chi connectivity index (χ4n) is 10.4. The molecule has 0 fully saturated rings. The van der Waals surface area contributed by atoms with E-state index in [1.54, 1.807) is 0 Å². The fourth-order valence-corrected chi connectivity index (χ4v) is 10.4. The Morgan fingerprint density at radius 1 is 0.707 bits per heavy atom. The van der Waals surface area contributed by atoms with Crippen molar-refractivity contribution in [3.63, 3.8) is 0 Å². The van der Waals surface area contributed by atoms with Crippen molar-refractivity contribution in [1.29, 1.82) is 0 Å². The molecule has 3 aliphatic carbocycles. The Hall–Kier alpha value is -6.64. The number of rotatable bonds is 10. The van der Waals surface area contributed by atoms with E-state index in [-0.39, 0.29) is 23.3 Å². The second-order valence-electron chi connectivity index (χ2n) is 15.9. The van der Waals surface area contributed by atoms with Gasteiger partial charge in [-0.2, -0.15) is 0 Å². The van der Waals surface area contributed by atoms with Crippen LogP contribution in [-0.4, -0.2) is 6.04 Å². The molecule has 0 saturated heterocycles. The van der Waals surface area contributed by atoms with Gasteiger partial charge < -0.3 is 9.80 Å². The van der Waals surface area contributed by atoms with Crippen LogP contribution in [0, 0.1) is 5.92 Å². The average molecular weight is 749 g/mol. The molecule has 4 aliphatic rings. The first-order valence-corrected chi connectivity index (χ1v) is 20.8. The van der Waals surface area contributed by atoms with Crippen molar-refractivity contribution in [1.82, 2.24) is 0 Å². The highest BCUT2D eigenvalue weighted by molar-refractivity contribution is 5.87. The first kappa shape index (κ1) is 35.8. The molecule has 282 valence electrons. The van der Waals surface area contributed by atoms with Crippen LogP contribution in [0.5, 0.6) is 0 Å². The van der Waals surface area contributed by atoms with Crippen molar-refractivity contribution in [3.05, 3.63) is 252 Å². The lowest BCUT2D eigenvalue weighted by atomic mass is 9.62. The summed E-state index contributed by atoms with van der Waals surface area (Å²) in [5, 5.41) is 0. The van der Waals surface area contributed by atoms with Crippen LogP contribution in [0.4, 0.5) is 22.7 Å². The summed E-state index contributed by atoms with van der Waals surface area (Å²) >= 11 is 0. The van der Waals surface area contributed by atoms with Gasteiger partial charge in [0, 0.05) is 34.4 Å². The zero-order chi connectivity index (χ0) is 39.1. The lowest BCUT2D eigenvalue weighted by Crippen LogP contribution is -2.35. The number of hydrogen-bond acceptors (Lipinski definition) is 2. The van der Waals surface area contributed by atoms with Gasteiger partial charge in [0.15, 0.2) is 0 Å². The summed E-state index contributed by atoms with van der Waals surface area (Å²) in [7, 11) is 0. The molecule has 10 rings (SSSR count). The Morgan fingerprint density at radius 3 is 2.19 bits per heavy atom. The van der Waals surface area contributed by atoms with Crippen molar-refractivity contribution in [3.8, 4) is 11.1 Å². The zero-order valence-corrected chi connectivity index (χ0v) is 33.1. The van der Waals surface area contributed by atoms with Crippen LogP contribution in [0.1, 0.15) is 54.4 Å². The highest BCUT2D eigenvalue weighted by Crippen LogP contribution is 2.59. The second kappa shape index (κ2) is 15.0. The molecule has 0 aromatic heterocycles. The summed E-state index contributed by atoms with van der Waals surface area (Å²) in [6, 6.07) is 58.2. The maximum absolute atomic E-state index is 4.84. The maximum atomic E-state index is 4.84. The van der Waals surface area contributed by atoms with E-state index in [1.165, 1.54) is 55.9 Å². The molecule has 0 spiro atoms. The van der Waals surface area contributed by atoms with Crippen LogP contribution in [0.25, 0.3) is 11.1 Å². The first-order valence-electron chi connectivity index (χ1n) is 20.8. The largest absolute Gasteiger partial charge is 0.333 e. The number of fused-ring (bicyclic) bond motifs is 6. The molecule has 0 amide bonds. The van der Waals surface area contributed by atoms with E-state index in [0.29, 0.717) is 0 Å². The maximum Gasteiger partial charge on any atom is 0.0630 e. The Morgan fingerprint density at radius 2 is 1.41 bits per heavy atom. The summed E-state index contributed by atoms with van der Waals surface area (Å²) in [5.41, 5.74) is 16.3. The van der Waals surface area contributed by atoms with Gasteiger partial charge >= 0.3 is 0 Å². The number of anilines is 4. The summed E-state index contributed by atoms with van der Waals surface area (Å²) in [6.07, 6.45) is 21.5. The molecule has 6 aromatic rings. The molecule has 0 bridgehead atoms. The van der Waals surface area contributed by atoms with Gasteiger partial charge in [0.25, 0.3) is 0 Å². The topological polar surface area (TPSA) is 6.48 Å². The van der Waals surface area contributed by atoms with Crippen molar-refractivity contribution in [2.24, 2.45) is 5.92 Å². The van der Waals surface area contributed by atoms with Crippen molar-refractivity contribution in [2.75, 3.05) is 9.80 Å². The normalized spacial score (nSPS) is 21.2. The lowest BCUT2D eigenvalue weighted by molar-refractivity contribution is 0.457. The molecule has 0 N–H and O–H groups in total. The first-order chi connectivity index (χ1) is 28.7. The Kier molecular flexibility index (Phi) is 9.26. The summed E-state index contributed by atoms with van der Waals surface area (Å²) in [4.78, 5) is 4.90. The number of benzene rings is 6. The minimum Gasteiger partial charge on any atom is -0.333 e. The van der Waals surface area contributed by atoms with Crippen molar-refractivity contribution >= 4 is 22.7 Å². The predicted molar refractivity (Wildman–Crippen MR) is 244 cm³/mol. The monoisotopic (exact) mass is 748 g/mol. The zero-order valence-electron chi connectivity index (χ0n) is 33.1. The Labute approximate surface area is 343 Å². The second-order valence-corrected chi connectivity index (χ2v) is 15.9. The minimum absolute atomic E-state index is 0.249. The van der Waals surface area contributed by atoms with Gasteiger partial charge in [-0.25, -0.2) is 0 Å². The van der Waals surface area contributed by atoms with Gasteiger partial charge in [-0.05, 0) is 119 Å². The number of para-hydroxylation sites is 3.